The van der Waals surface area contributed by atoms with Gasteiger partial charge in [-0.1, -0.05) is 0 Å². The maximum absolute atomic E-state index is 13.1. The van der Waals surface area contributed by atoms with E-state index in [0.717, 1.165) is 12.1 Å². The zero-order valence-corrected chi connectivity index (χ0v) is 7.69. The van der Waals surface area contributed by atoms with Crippen molar-refractivity contribution in [3.63, 3.8) is 0 Å². The fourth-order valence-electron chi connectivity index (χ4n) is 1.01. The summed E-state index contributed by atoms with van der Waals surface area (Å²) in [6.07, 6.45) is 0. The van der Waals surface area contributed by atoms with Gasteiger partial charge in [-0.25, -0.2) is 0 Å². The molecule has 1 N–H and O–H groups in total. The Balaban J connectivity index is 3.32. The average molecular weight is 200 g/mol. The van der Waals surface area contributed by atoms with E-state index in [9.17, 15) is 19.6 Å². The van der Waals surface area contributed by atoms with Crippen LogP contribution in [0.5, 0.6) is 5.75 Å². The molecule has 0 bridgehead atoms. The van der Waals surface area contributed by atoms with E-state index in [1.54, 1.807) is 14.1 Å². The van der Waals surface area contributed by atoms with Crippen LogP contribution in [0.4, 0.5) is 15.8 Å². The zero-order valence-electron chi connectivity index (χ0n) is 7.69. The third-order valence-corrected chi connectivity index (χ3v) is 1.73. The van der Waals surface area contributed by atoms with Crippen LogP contribution in [0.1, 0.15) is 0 Å². The molecule has 5 nitrogen and oxygen atoms in total. The van der Waals surface area contributed by atoms with Crippen molar-refractivity contribution >= 4 is 11.4 Å². The van der Waals surface area contributed by atoms with E-state index in [2.05, 4.69) is 0 Å². The largest absolute Gasteiger partial charge is 0.502 e. The second kappa shape index (κ2) is 3.49. The molecule has 1 aromatic rings. The van der Waals surface area contributed by atoms with Crippen LogP contribution < -0.4 is 4.90 Å². The van der Waals surface area contributed by atoms with E-state index < -0.39 is 22.2 Å². The predicted octanol–water partition coefficient (Wildman–Crippen LogP) is 1.51. The molecule has 0 saturated carbocycles. The first kappa shape index (κ1) is 10.2. The van der Waals surface area contributed by atoms with E-state index >= 15 is 0 Å². The summed E-state index contributed by atoms with van der Waals surface area (Å²) in [5, 5.41) is 19.5. The zero-order chi connectivity index (χ0) is 10.9. The number of anilines is 1. The van der Waals surface area contributed by atoms with E-state index in [4.69, 9.17) is 0 Å². The Labute approximate surface area is 79.5 Å². The lowest BCUT2D eigenvalue weighted by Crippen LogP contribution is -2.09. The summed E-state index contributed by atoms with van der Waals surface area (Å²) >= 11 is 0. The third kappa shape index (κ3) is 1.73. The summed E-state index contributed by atoms with van der Waals surface area (Å²) in [4.78, 5) is 10.9. The van der Waals surface area contributed by atoms with Crippen molar-refractivity contribution in [3.05, 3.63) is 28.1 Å². The second-order valence-electron chi connectivity index (χ2n) is 2.95. The van der Waals surface area contributed by atoms with Crippen molar-refractivity contribution in [2.24, 2.45) is 0 Å². The number of nitro benzene ring substituents is 1. The molecule has 0 saturated heterocycles. The Bertz CT molecular complexity index is 356. The number of aromatic hydroxyl groups is 1. The first-order valence-corrected chi connectivity index (χ1v) is 3.77. The molecule has 14 heavy (non-hydrogen) atoms. The lowest BCUT2D eigenvalue weighted by atomic mass is 10.2. The summed E-state index contributed by atoms with van der Waals surface area (Å²) < 4.78 is 13.1. The predicted molar refractivity (Wildman–Crippen MR) is 49.0 cm³/mol. The summed E-state index contributed by atoms with van der Waals surface area (Å²) in [7, 11) is 3.28. The summed E-state index contributed by atoms with van der Waals surface area (Å²) in [6, 6.07) is 2.14. The van der Waals surface area contributed by atoms with Gasteiger partial charge in [-0.05, 0) is 0 Å². The van der Waals surface area contributed by atoms with Crippen LogP contribution in [0.3, 0.4) is 0 Å². The quantitative estimate of drug-likeness (QED) is 0.580. The minimum atomic E-state index is -1.04. The molecule has 0 aliphatic carbocycles. The molecule has 0 heterocycles. The van der Waals surface area contributed by atoms with Crippen LogP contribution in [0.25, 0.3) is 0 Å². The molecule has 0 radical (unpaired) electrons. The molecule has 1 aromatic carbocycles. The van der Waals surface area contributed by atoms with Gasteiger partial charge in [0.15, 0.2) is 5.75 Å². The number of phenols is 1. The molecule has 76 valence electrons. The van der Waals surface area contributed by atoms with Crippen molar-refractivity contribution in [2.45, 2.75) is 0 Å². The maximum Gasteiger partial charge on any atom is 0.346 e. The van der Waals surface area contributed by atoms with Gasteiger partial charge in [0.1, 0.15) is 0 Å². The number of benzene rings is 1. The van der Waals surface area contributed by atoms with Crippen molar-refractivity contribution < 1.29 is 14.4 Å². The number of hydrogen-bond donors (Lipinski definition) is 1. The van der Waals surface area contributed by atoms with Gasteiger partial charge in [-0.3, -0.25) is 10.1 Å². The Hall–Kier alpha value is -1.85. The highest BCUT2D eigenvalue weighted by Crippen LogP contribution is 2.32. The highest BCUT2D eigenvalue weighted by Gasteiger charge is 2.21. The molecule has 0 unspecified atom stereocenters. The SMILES string of the molecule is CN(C)c1cc(O)c([N+](=O)[O-])c(F)c1. The van der Waals surface area contributed by atoms with Crippen molar-refractivity contribution in [2.75, 3.05) is 19.0 Å². The van der Waals surface area contributed by atoms with E-state index in [0.29, 0.717) is 5.69 Å². The fraction of sp³-hybridized carbons (Fsp3) is 0.250. The summed E-state index contributed by atoms with van der Waals surface area (Å²) in [5.41, 5.74) is -0.527. The Morgan fingerprint density at radius 2 is 2.07 bits per heavy atom. The van der Waals surface area contributed by atoms with Gasteiger partial charge in [0, 0.05) is 31.9 Å². The van der Waals surface area contributed by atoms with Crippen LogP contribution in [-0.2, 0) is 0 Å². The molecule has 1 rings (SSSR count). The van der Waals surface area contributed by atoms with Gasteiger partial charge in [0.05, 0.1) is 4.92 Å². The Morgan fingerprint density at radius 1 is 1.50 bits per heavy atom. The smallest absolute Gasteiger partial charge is 0.346 e. The van der Waals surface area contributed by atoms with Gasteiger partial charge < -0.3 is 10.0 Å². The summed E-state index contributed by atoms with van der Waals surface area (Å²) in [5.74, 6) is -1.71. The molecule has 0 amide bonds. The van der Waals surface area contributed by atoms with Crippen LogP contribution >= 0.6 is 0 Å². The van der Waals surface area contributed by atoms with E-state index in [-0.39, 0.29) is 0 Å². The molecule has 0 fully saturated rings. The third-order valence-electron chi connectivity index (χ3n) is 1.73. The molecule has 0 atom stereocenters. The Morgan fingerprint density at radius 3 is 2.43 bits per heavy atom. The van der Waals surface area contributed by atoms with Crippen LogP contribution in [0.2, 0.25) is 0 Å². The number of nitrogens with zero attached hydrogens (tertiary/aromatic N) is 2. The van der Waals surface area contributed by atoms with Crippen LogP contribution in [0.15, 0.2) is 12.1 Å². The van der Waals surface area contributed by atoms with Crippen LogP contribution in [0, 0.1) is 15.9 Å². The lowest BCUT2D eigenvalue weighted by molar-refractivity contribution is -0.388. The average Bonchev–Trinajstić information content (AvgIpc) is 2.01. The van der Waals surface area contributed by atoms with Crippen LogP contribution in [-0.4, -0.2) is 24.1 Å². The number of rotatable bonds is 2. The number of hydrogen-bond acceptors (Lipinski definition) is 4. The number of halogens is 1. The minimum Gasteiger partial charge on any atom is -0.502 e. The number of nitro groups is 1. The van der Waals surface area contributed by atoms with Crippen molar-refractivity contribution in [1.29, 1.82) is 0 Å². The molecule has 0 aliphatic heterocycles. The van der Waals surface area contributed by atoms with Gasteiger partial charge in [-0.2, -0.15) is 4.39 Å². The van der Waals surface area contributed by atoms with E-state index in [1.807, 2.05) is 0 Å². The highest BCUT2D eigenvalue weighted by molar-refractivity contribution is 5.58. The van der Waals surface area contributed by atoms with Gasteiger partial charge >= 0.3 is 5.69 Å². The topological polar surface area (TPSA) is 66.6 Å². The highest BCUT2D eigenvalue weighted by atomic mass is 19.1. The van der Waals surface area contributed by atoms with E-state index in [1.165, 1.54) is 4.90 Å². The summed E-state index contributed by atoms with van der Waals surface area (Å²) in [6.45, 7) is 0. The maximum atomic E-state index is 13.1. The lowest BCUT2D eigenvalue weighted by Gasteiger charge is -2.12. The second-order valence-corrected chi connectivity index (χ2v) is 2.95. The van der Waals surface area contributed by atoms with Gasteiger partial charge in [0.2, 0.25) is 5.82 Å². The molecule has 0 aromatic heterocycles. The molecular formula is C8H9FN2O3. The minimum absolute atomic E-state index is 0.366. The van der Waals surface area contributed by atoms with Gasteiger partial charge in [-0.15, -0.1) is 0 Å². The fourth-order valence-corrected chi connectivity index (χ4v) is 1.01. The monoisotopic (exact) mass is 200 g/mol. The Kier molecular flexibility index (Phi) is 2.55. The van der Waals surface area contributed by atoms with Crippen molar-refractivity contribution in [3.8, 4) is 5.75 Å². The molecule has 0 spiro atoms. The van der Waals surface area contributed by atoms with Gasteiger partial charge in [0.25, 0.3) is 0 Å². The molecule has 0 aliphatic rings. The first-order valence-electron chi connectivity index (χ1n) is 3.77. The molecular weight excluding hydrogens is 191 g/mol. The normalized spacial score (nSPS) is 9.93. The number of phenolic OH excluding ortho intramolecular Hbond substituents is 1. The first-order chi connectivity index (χ1) is 6.43. The molecule has 6 heteroatoms. The standard InChI is InChI=1S/C8H9FN2O3/c1-10(2)5-3-6(9)8(11(13)14)7(12)4-5/h3-4,12H,1-2H3. The van der Waals surface area contributed by atoms with Crippen molar-refractivity contribution in [1.82, 2.24) is 0 Å².